The quantitative estimate of drug-likeness (QED) is 0.323. The average Bonchev–Trinajstić information content (AvgIpc) is 3.47. The van der Waals surface area contributed by atoms with Gasteiger partial charge in [0.05, 0.1) is 35.1 Å². The lowest BCUT2D eigenvalue weighted by Crippen LogP contribution is -2.17. The van der Waals surface area contributed by atoms with Crippen molar-refractivity contribution >= 4 is 28.4 Å². The first kappa shape index (κ1) is 21.1. The van der Waals surface area contributed by atoms with Crippen LogP contribution in [0.15, 0.2) is 49.3 Å². The SMILES string of the molecule is CC(Nc1ncnc(N)c1C(=N)c1ncnc2c1cnn2C)c1cn(-c2ccccc2F)nn1. The van der Waals surface area contributed by atoms with Gasteiger partial charge in [0.15, 0.2) is 5.65 Å². The van der Waals surface area contributed by atoms with E-state index in [2.05, 4.69) is 40.7 Å². The predicted molar refractivity (Wildman–Crippen MR) is 122 cm³/mol. The second-order valence-corrected chi connectivity index (χ2v) is 7.49. The minimum Gasteiger partial charge on any atom is -0.383 e. The molecule has 1 unspecified atom stereocenters. The summed E-state index contributed by atoms with van der Waals surface area (Å²) < 4.78 is 17.1. The number of hydrogen-bond donors (Lipinski definition) is 3. The highest BCUT2D eigenvalue weighted by atomic mass is 19.1. The van der Waals surface area contributed by atoms with Crippen molar-refractivity contribution in [2.24, 2.45) is 7.05 Å². The molecule has 5 aromatic rings. The van der Waals surface area contributed by atoms with E-state index >= 15 is 0 Å². The van der Waals surface area contributed by atoms with Gasteiger partial charge in [0.25, 0.3) is 0 Å². The second kappa shape index (κ2) is 8.27. The highest BCUT2D eigenvalue weighted by Crippen LogP contribution is 2.27. The van der Waals surface area contributed by atoms with Crippen LogP contribution in [0, 0.1) is 11.2 Å². The highest BCUT2D eigenvalue weighted by Gasteiger charge is 2.22. The molecule has 0 aliphatic rings. The van der Waals surface area contributed by atoms with Crippen LogP contribution in [-0.4, -0.2) is 50.4 Å². The zero-order valence-electron chi connectivity index (χ0n) is 18.2. The van der Waals surface area contributed by atoms with E-state index in [-0.39, 0.29) is 22.8 Å². The van der Waals surface area contributed by atoms with Gasteiger partial charge >= 0.3 is 0 Å². The molecule has 5 rings (SSSR count). The standard InChI is InChI=1S/C21H19FN12/c1-11(14-8-34(32-31-14)15-6-4-3-5-13(15)22)30-20-16(19(24)26-10-27-20)17(23)18-12-7-29-33(2)21(12)28-9-25-18/h3-11,23H,1-2H3,(H3,24,26,27,30). The summed E-state index contributed by atoms with van der Waals surface area (Å²) in [6, 6.07) is 5.89. The van der Waals surface area contributed by atoms with E-state index in [1.807, 2.05) is 6.92 Å². The van der Waals surface area contributed by atoms with E-state index in [0.717, 1.165) is 0 Å². The van der Waals surface area contributed by atoms with Gasteiger partial charge < -0.3 is 11.1 Å². The number of aromatic nitrogens is 9. The second-order valence-electron chi connectivity index (χ2n) is 7.49. The molecule has 34 heavy (non-hydrogen) atoms. The fraction of sp³-hybridized carbons (Fsp3) is 0.143. The molecule has 1 atom stereocenters. The summed E-state index contributed by atoms with van der Waals surface area (Å²) in [6.45, 7) is 1.84. The Hall–Kier alpha value is -4.81. The third-order valence-electron chi connectivity index (χ3n) is 5.30. The smallest absolute Gasteiger partial charge is 0.161 e. The number of nitrogen functional groups attached to an aromatic ring is 1. The van der Waals surface area contributed by atoms with Gasteiger partial charge in [0.2, 0.25) is 0 Å². The average molecular weight is 458 g/mol. The van der Waals surface area contributed by atoms with Gasteiger partial charge in [0, 0.05) is 7.05 Å². The number of nitrogens with two attached hydrogens (primary N) is 1. The fourth-order valence-corrected chi connectivity index (χ4v) is 3.54. The summed E-state index contributed by atoms with van der Waals surface area (Å²) in [5.41, 5.74) is 8.19. The van der Waals surface area contributed by atoms with Crippen LogP contribution in [0.4, 0.5) is 16.0 Å². The van der Waals surface area contributed by atoms with Gasteiger partial charge in [-0.25, -0.2) is 29.0 Å². The molecule has 0 aliphatic heterocycles. The maximum absolute atomic E-state index is 14.1. The van der Waals surface area contributed by atoms with E-state index in [0.29, 0.717) is 28.2 Å². The Morgan fingerprint density at radius 1 is 1.15 bits per heavy atom. The third-order valence-corrected chi connectivity index (χ3v) is 5.30. The Labute approximate surface area is 192 Å². The largest absolute Gasteiger partial charge is 0.383 e. The van der Waals surface area contributed by atoms with Crippen LogP contribution in [0.5, 0.6) is 0 Å². The predicted octanol–water partition coefficient (Wildman–Crippen LogP) is 2.04. The first-order valence-corrected chi connectivity index (χ1v) is 10.2. The van der Waals surface area contributed by atoms with Crippen LogP contribution < -0.4 is 11.1 Å². The van der Waals surface area contributed by atoms with E-state index in [9.17, 15) is 4.39 Å². The van der Waals surface area contributed by atoms with Crippen LogP contribution in [0.1, 0.15) is 29.9 Å². The number of benzene rings is 1. The van der Waals surface area contributed by atoms with Crippen LogP contribution >= 0.6 is 0 Å². The van der Waals surface area contributed by atoms with E-state index in [4.69, 9.17) is 11.1 Å². The number of nitrogens with zero attached hydrogens (tertiary/aromatic N) is 9. The van der Waals surface area contributed by atoms with Gasteiger partial charge in [-0.1, -0.05) is 17.3 Å². The zero-order valence-corrected chi connectivity index (χ0v) is 18.2. The minimum absolute atomic E-state index is 0.0169. The molecule has 0 aliphatic carbocycles. The molecule has 4 aromatic heterocycles. The van der Waals surface area contributed by atoms with Crippen molar-refractivity contribution in [1.82, 2.24) is 44.7 Å². The number of nitrogens with one attached hydrogen (secondary N) is 2. The Bertz CT molecular complexity index is 1520. The number of rotatable bonds is 6. The number of hydrogen-bond acceptors (Lipinski definition) is 10. The van der Waals surface area contributed by atoms with Gasteiger partial charge in [-0.15, -0.1) is 5.10 Å². The summed E-state index contributed by atoms with van der Waals surface area (Å²) in [5, 5.41) is 25.0. The van der Waals surface area contributed by atoms with Crippen LogP contribution in [0.2, 0.25) is 0 Å². The molecule has 0 fully saturated rings. The van der Waals surface area contributed by atoms with Crippen molar-refractivity contribution in [3.63, 3.8) is 0 Å². The van der Waals surface area contributed by atoms with E-state index in [1.165, 1.54) is 23.4 Å². The molecule has 0 saturated heterocycles. The maximum atomic E-state index is 14.1. The molecule has 0 radical (unpaired) electrons. The van der Waals surface area contributed by atoms with Crippen molar-refractivity contribution in [1.29, 1.82) is 5.41 Å². The summed E-state index contributed by atoms with van der Waals surface area (Å²) in [4.78, 5) is 16.8. The van der Waals surface area contributed by atoms with Crippen molar-refractivity contribution in [3.05, 3.63) is 72.1 Å². The molecule has 13 heteroatoms. The molecule has 170 valence electrons. The maximum Gasteiger partial charge on any atom is 0.161 e. The Morgan fingerprint density at radius 2 is 1.94 bits per heavy atom. The van der Waals surface area contributed by atoms with Crippen LogP contribution in [0.25, 0.3) is 16.7 Å². The zero-order chi connectivity index (χ0) is 23.8. The van der Waals surface area contributed by atoms with E-state index < -0.39 is 11.9 Å². The lowest BCUT2D eigenvalue weighted by atomic mass is 10.1. The highest BCUT2D eigenvalue weighted by molar-refractivity contribution is 6.19. The number of aryl methyl sites for hydroxylation is 1. The third kappa shape index (κ3) is 3.58. The molecule has 0 spiro atoms. The van der Waals surface area contributed by atoms with E-state index in [1.54, 1.807) is 42.3 Å². The summed E-state index contributed by atoms with van der Waals surface area (Å²) in [6.07, 6.45) is 5.88. The Morgan fingerprint density at radius 3 is 2.76 bits per heavy atom. The molecule has 0 bridgehead atoms. The first-order chi connectivity index (χ1) is 16.4. The summed E-state index contributed by atoms with van der Waals surface area (Å²) in [7, 11) is 1.76. The Kier molecular flexibility index (Phi) is 5.12. The molecular formula is C21H19FN12. The molecule has 4 heterocycles. The Balaban J connectivity index is 1.48. The van der Waals surface area contributed by atoms with Crippen LogP contribution in [-0.2, 0) is 7.05 Å². The van der Waals surface area contributed by atoms with Crippen molar-refractivity contribution in [2.45, 2.75) is 13.0 Å². The molecule has 4 N–H and O–H groups in total. The van der Waals surface area contributed by atoms with Crippen LogP contribution in [0.3, 0.4) is 0 Å². The van der Waals surface area contributed by atoms with Gasteiger partial charge in [-0.2, -0.15) is 5.10 Å². The monoisotopic (exact) mass is 458 g/mol. The number of para-hydroxylation sites is 1. The van der Waals surface area contributed by atoms with Gasteiger partial charge in [-0.3, -0.25) is 10.1 Å². The topological polar surface area (TPSA) is 162 Å². The number of halogens is 1. The fourth-order valence-electron chi connectivity index (χ4n) is 3.54. The molecule has 0 amide bonds. The molecule has 12 nitrogen and oxygen atoms in total. The minimum atomic E-state index is -0.412. The first-order valence-electron chi connectivity index (χ1n) is 10.2. The normalized spacial score (nSPS) is 12.1. The summed E-state index contributed by atoms with van der Waals surface area (Å²) >= 11 is 0. The molecular weight excluding hydrogens is 439 g/mol. The van der Waals surface area contributed by atoms with Gasteiger partial charge in [-0.05, 0) is 19.1 Å². The number of fused-ring (bicyclic) bond motifs is 1. The van der Waals surface area contributed by atoms with Crippen molar-refractivity contribution in [3.8, 4) is 5.69 Å². The lowest BCUT2D eigenvalue weighted by Gasteiger charge is -2.16. The molecule has 0 saturated carbocycles. The number of anilines is 2. The van der Waals surface area contributed by atoms with Gasteiger partial charge in [0.1, 0.15) is 47.2 Å². The van der Waals surface area contributed by atoms with Crippen molar-refractivity contribution < 1.29 is 4.39 Å². The summed E-state index contributed by atoms with van der Waals surface area (Å²) in [5.74, 6) is 0.0203. The lowest BCUT2D eigenvalue weighted by molar-refractivity contribution is 0.607. The van der Waals surface area contributed by atoms with Crippen molar-refractivity contribution in [2.75, 3.05) is 11.1 Å². The molecule has 1 aromatic carbocycles.